The predicted octanol–water partition coefficient (Wildman–Crippen LogP) is 3.02. The lowest BCUT2D eigenvalue weighted by Gasteiger charge is -2.34. The summed E-state index contributed by atoms with van der Waals surface area (Å²) in [5, 5.41) is 16.9. The van der Waals surface area contributed by atoms with Crippen molar-refractivity contribution in [2.45, 2.75) is 25.0 Å². The highest BCUT2D eigenvalue weighted by Crippen LogP contribution is 2.61. The van der Waals surface area contributed by atoms with E-state index in [4.69, 9.17) is 10.5 Å². The van der Waals surface area contributed by atoms with Gasteiger partial charge in [0.15, 0.2) is 0 Å². The van der Waals surface area contributed by atoms with E-state index in [2.05, 4.69) is 0 Å². The van der Waals surface area contributed by atoms with Gasteiger partial charge in [0.1, 0.15) is 5.92 Å². The lowest BCUT2D eigenvalue weighted by atomic mass is 9.99. The first-order valence-electron chi connectivity index (χ1n) is 3.71. The van der Waals surface area contributed by atoms with Gasteiger partial charge >= 0.3 is 0 Å². The summed E-state index contributed by atoms with van der Waals surface area (Å²) in [7, 11) is -3.72. The van der Waals surface area contributed by atoms with Crippen LogP contribution in [-0.2, 0) is 0 Å². The molecule has 0 spiro atoms. The molecule has 0 heterocycles. The van der Waals surface area contributed by atoms with Crippen LogP contribution in [0, 0.1) is 28.6 Å². The second kappa shape index (κ2) is 3.93. The van der Waals surface area contributed by atoms with Crippen LogP contribution in [0.3, 0.4) is 0 Å². The van der Waals surface area contributed by atoms with Crippen LogP contribution in [0.1, 0.15) is 20.3 Å². The third kappa shape index (κ3) is 3.20. The van der Waals surface area contributed by atoms with E-state index in [1.807, 2.05) is 0 Å². The minimum absolute atomic E-state index is 0.0706. The summed E-state index contributed by atoms with van der Waals surface area (Å²) in [6.07, 6.45) is 0.817. The van der Waals surface area contributed by atoms with E-state index in [0.29, 0.717) is 0 Å². The fourth-order valence-corrected chi connectivity index (χ4v) is 1.22. The maximum atomic E-state index is 13.0. The lowest BCUT2D eigenvalue weighted by Crippen LogP contribution is -2.25. The Morgan fingerprint density at radius 1 is 1.31 bits per heavy atom. The van der Waals surface area contributed by atoms with Gasteiger partial charge in [0.25, 0.3) is 0 Å². The van der Waals surface area contributed by atoms with E-state index in [1.165, 1.54) is 13.8 Å². The summed E-state index contributed by atoms with van der Waals surface area (Å²) >= 11 is 0. The van der Waals surface area contributed by atoms with Crippen LogP contribution < -0.4 is 0 Å². The molecular formula is C8H12F2N2S. The molecule has 13 heavy (non-hydrogen) atoms. The van der Waals surface area contributed by atoms with Crippen molar-refractivity contribution in [1.82, 2.24) is 0 Å². The van der Waals surface area contributed by atoms with E-state index in [9.17, 15) is 7.77 Å². The third-order valence-electron chi connectivity index (χ3n) is 1.98. The van der Waals surface area contributed by atoms with Gasteiger partial charge in [-0.1, -0.05) is 0 Å². The Morgan fingerprint density at radius 3 is 1.92 bits per heavy atom. The fraction of sp³-hybridized carbons (Fsp3) is 0.750. The zero-order valence-electron chi connectivity index (χ0n) is 7.84. The number of hydrogen-bond donors (Lipinski definition) is 0. The Morgan fingerprint density at radius 2 is 1.69 bits per heavy atom. The van der Waals surface area contributed by atoms with E-state index >= 15 is 0 Å². The zero-order chi connectivity index (χ0) is 10.7. The standard InChI is InChI=1S/C8H12F2N2S/c1-8(2,13(3,9)10)4-7(5-11)6-12/h7H,4H2,1-3H3. The average molecular weight is 206 g/mol. The van der Waals surface area contributed by atoms with Gasteiger partial charge in [-0.2, -0.15) is 18.3 Å². The van der Waals surface area contributed by atoms with E-state index in [-0.39, 0.29) is 6.42 Å². The molecule has 2 nitrogen and oxygen atoms in total. The molecule has 0 atom stereocenters. The number of halogens is 2. The van der Waals surface area contributed by atoms with Gasteiger partial charge in [-0.25, -0.2) is 0 Å². The zero-order valence-corrected chi connectivity index (χ0v) is 8.66. The van der Waals surface area contributed by atoms with Gasteiger partial charge in [-0.05, 0) is 20.3 Å². The van der Waals surface area contributed by atoms with Crippen molar-refractivity contribution in [1.29, 1.82) is 10.5 Å². The van der Waals surface area contributed by atoms with Crippen molar-refractivity contribution in [3.8, 4) is 12.1 Å². The molecule has 0 saturated heterocycles. The molecule has 0 aliphatic carbocycles. The molecule has 5 heteroatoms. The Kier molecular flexibility index (Phi) is 3.69. The molecule has 0 N–H and O–H groups in total. The lowest BCUT2D eigenvalue weighted by molar-refractivity contribution is 0.536. The molecular weight excluding hydrogens is 194 g/mol. The highest BCUT2D eigenvalue weighted by Gasteiger charge is 2.39. The van der Waals surface area contributed by atoms with Crippen molar-refractivity contribution in [2.75, 3.05) is 6.26 Å². The minimum Gasteiger partial charge on any atom is -0.197 e. The Labute approximate surface area is 79.1 Å². The molecule has 0 aliphatic heterocycles. The minimum atomic E-state index is -3.72. The van der Waals surface area contributed by atoms with Gasteiger partial charge in [-0.15, -0.1) is 0 Å². The first-order chi connectivity index (χ1) is 5.74. The predicted molar refractivity (Wildman–Crippen MR) is 49.1 cm³/mol. The summed E-state index contributed by atoms with van der Waals surface area (Å²) in [6.45, 7) is 2.79. The molecule has 0 saturated carbocycles. The van der Waals surface area contributed by atoms with E-state index in [1.54, 1.807) is 12.1 Å². The van der Waals surface area contributed by atoms with Crippen LogP contribution in [0.25, 0.3) is 0 Å². The molecule has 0 radical (unpaired) electrons. The molecule has 0 aromatic rings. The van der Waals surface area contributed by atoms with Crippen LogP contribution in [0.5, 0.6) is 0 Å². The summed E-state index contributed by atoms with van der Waals surface area (Å²) in [6, 6.07) is 3.40. The van der Waals surface area contributed by atoms with Gasteiger partial charge in [-0.3, -0.25) is 0 Å². The van der Waals surface area contributed by atoms with Crippen molar-refractivity contribution < 1.29 is 7.77 Å². The van der Waals surface area contributed by atoms with Crippen molar-refractivity contribution in [2.24, 2.45) is 5.92 Å². The Balaban J connectivity index is 4.55. The third-order valence-corrected chi connectivity index (χ3v) is 4.08. The monoisotopic (exact) mass is 206 g/mol. The molecule has 0 unspecified atom stereocenters. The number of rotatable bonds is 3. The second-order valence-electron chi connectivity index (χ2n) is 3.50. The van der Waals surface area contributed by atoms with Crippen LogP contribution in [0.4, 0.5) is 7.77 Å². The first-order valence-corrected chi connectivity index (χ1v) is 5.55. The number of nitriles is 2. The molecule has 0 aliphatic rings. The van der Waals surface area contributed by atoms with Crippen LogP contribution in [-0.4, -0.2) is 11.0 Å². The highest BCUT2D eigenvalue weighted by atomic mass is 32.3. The first kappa shape index (κ1) is 12.2. The van der Waals surface area contributed by atoms with Crippen molar-refractivity contribution >= 4 is 10.8 Å². The van der Waals surface area contributed by atoms with Crippen LogP contribution in [0.15, 0.2) is 0 Å². The molecule has 0 fully saturated rings. The maximum Gasteiger partial charge on any atom is 0.134 e. The Hall–Kier alpha value is -0.810. The molecule has 74 valence electrons. The largest absolute Gasteiger partial charge is 0.197 e. The topological polar surface area (TPSA) is 47.6 Å². The van der Waals surface area contributed by atoms with E-state index in [0.717, 1.165) is 6.26 Å². The maximum absolute atomic E-state index is 13.0. The number of hydrogen-bond acceptors (Lipinski definition) is 2. The normalized spacial score (nSPS) is 13.5. The summed E-state index contributed by atoms with van der Waals surface area (Å²) in [5.41, 5.74) is 0. The molecule has 0 rings (SSSR count). The van der Waals surface area contributed by atoms with Crippen molar-refractivity contribution in [3.63, 3.8) is 0 Å². The van der Waals surface area contributed by atoms with Crippen molar-refractivity contribution in [3.05, 3.63) is 0 Å². The second-order valence-corrected chi connectivity index (χ2v) is 6.06. The fourth-order valence-electron chi connectivity index (χ4n) is 0.758. The molecule has 0 amide bonds. The highest BCUT2D eigenvalue weighted by molar-refractivity contribution is 8.25. The average Bonchev–Trinajstić information content (AvgIpc) is 1.98. The van der Waals surface area contributed by atoms with Gasteiger partial charge < -0.3 is 0 Å². The SMILES string of the molecule is CC(C)(CC(C#N)C#N)S(C)(F)F. The molecule has 0 aromatic carbocycles. The summed E-state index contributed by atoms with van der Waals surface area (Å²) in [5.74, 6) is -0.937. The quantitative estimate of drug-likeness (QED) is 0.712. The number of nitrogens with zero attached hydrogens (tertiary/aromatic N) is 2. The summed E-state index contributed by atoms with van der Waals surface area (Å²) < 4.78 is 24.8. The van der Waals surface area contributed by atoms with Gasteiger partial charge in [0.05, 0.1) is 22.9 Å². The van der Waals surface area contributed by atoms with Crippen LogP contribution >= 0.6 is 10.8 Å². The van der Waals surface area contributed by atoms with Crippen LogP contribution in [0.2, 0.25) is 0 Å². The summed E-state index contributed by atoms with van der Waals surface area (Å²) in [4.78, 5) is 0. The van der Waals surface area contributed by atoms with E-state index < -0.39 is 21.5 Å². The molecule has 0 bridgehead atoms. The smallest absolute Gasteiger partial charge is 0.134 e. The Bertz CT molecular complexity index is 243. The van der Waals surface area contributed by atoms with Gasteiger partial charge in [0, 0.05) is 11.0 Å². The molecule has 0 aromatic heterocycles. The van der Waals surface area contributed by atoms with Gasteiger partial charge in [0.2, 0.25) is 0 Å².